The van der Waals surface area contributed by atoms with Crippen molar-refractivity contribution in [2.24, 2.45) is 5.10 Å². The van der Waals surface area contributed by atoms with E-state index in [1.807, 2.05) is 23.2 Å². The molecule has 0 bridgehead atoms. The van der Waals surface area contributed by atoms with Gasteiger partial charge in [0.25, 0.3) is 5.69 Å². The molecule has 0 amide bonds. The van der Waals surface area contributed by atoms with Crippen LogP contribution in [0.25, 0.3) is 0 Å². The first-order valence-electron chi connectivity index (χ1n) is 10.9. The van der Waals surface area contributed by atoms with E-state index in [0.717, 1.165) is 51.8 Å². The number of anilines is 1. The average molecular weight is 464 g/mol. The molecule has 0 saturated heterocycles. The van der Waals surface area contributed by atoms with Crippen molar-refractivity contribution in [1.29, 1.82) is 0 Å². The number of fused-ring (bicyclic) bond motifs is 2. The van der Waals surface area contributed by atoms with Crippen LogP contribution in [0.3, 0.4) is 0 Å². The molecular weight excluding hydrogens is 442 g/mol. The molecule has 1 unspecified atom stereocenters. The number of hydrogen-bond donors (Lipinski definition) is 0. The highest BCUT2D eigenvalue weighted by Crippen LogP contribution is 2.44. The lowest BCUT2D eigenvalue weighted by molar-refractivity contribution is -0.385. The average Bonchev–Trinajstić information content (AvgIpc) is 3.38. The molecule has 33 heavy (non-hydrogen) atoms. The number of nitro benzene ring substituents is 1. The zero-order chi connectivity index (χ0) is 22.7. The number of aryl methyl sites for hydroxylation is 1. The molecular formula is C23H21N5O4S. The lowest BCUT2D eigenvalue weighted by Crippen LogP contribution is -2.29. The van der Waals surface area contributed by atoms with Crippen molar-refractivity contribution in [3.8, 4) is 11.5 Å². The van der Waals surface area contributed by atoms with Crippen LogP contribution in [0.5, 0.6) is 11.5 Å². The number of nitro groups is 1. The molecule has 1 aliphatic carbocycles. The van der Waals surface area contributed by atoms with E-state index in [2.05, 4.69) is 17.1 Å². The van der Waals surface area contributed by atoms with Crippen LogP contribution in [0, 0.1) is 17.0 Å². The number of rotatable bonds is 4. The Morgan fingerprint density at radius 3 is 2.67 bits per heavy atom. The van der Waals surface area contributed by atoms with Gasteiger partial charge >= 0.3 is 0 Å². The van der Waals surface area contributed by atoms with Crippen LogP contribution < -0.4 is 14.5 Å². The molecule has 2 aromatic carbocycles. The van der Waals surface area contributed by atoms with E-state index in [-0.39, 0.29) is 23.4 Å². The predicted octanol–water partition coefficient (Wildman–Crippen LogP) is 4.56. The minimum atomic E-state index is -0.366. The van der Waals surface area contributed by atoms with E-state index < -0.39 is 0 Å². The topological polar surface area (TPSA) is 103 Å². The second kappa shape index (κ2) is 7.51. The lowest BCUT2D eigenvalue weighted by atomic mass is 9.93. The zero-order valence-electron chi connectivity index (χ0n) is 18.1. The Hall–Kier alpha value is -3.53. The molecule has 3 aliphatic rings. The van der Waals surface area contributed by atoms with Crippen LogP contribution in [0.2, 0.25) is 0 Å². The number of ether oxygens (including phenoxy) is 2. The van der Waals surface area contributed by atoms with E-state index in [4.69, 9.17) is 14.6 Å². The van der Waals surface area contributed by atoms with Crippen LogP contribution in [0.1, 0.15) is 52.9 Å². The van der Waals surface area contributed by atoms with Crippen LogP contribution in [0.15, 0.2) is 35.4 Å². The van der Waals surface area contributed by atoms with Crippen LogP contribution in [0.4, 0.5) is 10.8 Å². The summed E-state index contributed by atoms with van der Waals surface area (Å²) in [7, 11) is 0. The summed E-state index contributed by atoms with van der Waals surface area (Å²) in [5, 5.41) is 29.0. The molecule has 168 valence electrons. The van der Waals surface area contributed by atoms with E-state index in [1.54, 1.807) is 24.3 Å². The Labute approximate surface area is 193 Å². The molecule has 0 radical (unpaired) electrons. The predicted molar refractivity (Wildman–Crippen MR) is 124 cm³/mol. The summed E-state index contributed by atoms with van der Waals surface area (Å²) in [6, 6.07) is 9.10. The first-order valence-corrected chi connectivity index (χ1v) is 11.7. The van der Waals surface area contributed by atoms with Crippen LogP contribution in [-0.2, 0) is 6.42 Å². The smallest absolute Gasteiger partial charge is 0.272 e. The van der Waals surface area contributed by atoms with Crippen molar-refractivity contribution in [2.45, 2.75) is 45.1 Å². The molecule has 1 atom stereocenters. The molecule has 3 aromatic rings. The van der Waals surface area contributed by atoms with Crippen molar-refractivity contribution < 1.29 is 14.4 Å². The summed E-state index contributed by atoms with van der Waals surface area (Å²) in [5.41, 5.74) is 4.18. The SMILES string of the molecule is Cc1cc(C2=NN(c3nnc(C4CC4)s3)C(C)Cc3cc4c(cc32)OCO4)ccc1[N+](=O)[O-]. The van der Waals surface area contributed by atoms with Gasteiger partial charge in [0.2, 0.25) is 11.9 Å². The van der Waals surface area contributed by atoms with Crippen LogP contribution >= 0.6 is 11.3 Å². The third-order valence-electron chi connectivity index (χ3n) is 6.21. The van der Waals surface area contributed by atoms with Gasteiger partial charge in [-0.2, -0.15) is 5.10 Å². The van der Waals surface area contributed by atoms with Gasteiger partial charge in [0.1, 0.15) is 5.01 Å². The number of benzene rings is 2. The summed E-state index contributed by atoms with van der Waals surface area (Å²) >= 11 is 1.59. The molecule has 2 aliphatic heterocycles. The van der Waals surface area contributed by atoms with E-state index in [1.165, 1.54) is 6.07 Å². The third-order valence-corrected chi connectivity index (χ3v) is 7.29. The van der Waals surface area contributed by atoms with E-state index in [9.17, 15) is 10.1 Å². The van der Waals surface area contributed by atoms with Crippen molar-refractivity contribution in [1.82, 2.24) is 10.2 Å². The monoisotopic (exact) mass is 463 g/mol. The quantitative estimate of drug-likeness (QED) is 0.413. The molecule has 10 heteroatoms. The summed E-state index contributed by atoms with van der Waals surface area (Å²) in [4.78, 5) is 11.0. The maximum atomic E-state index is 11.4. The Kier molecular flexibility index (Phi) is 4.58. The van der Waals surface area contributed by atoms with Gasteiger partial charge in [0.05, 0.1) is 16.7 Å². The molecule has 0 spiro atoms. The Morgan fingerprint density at radius 2 is 1.94 bits per heavy atom. The summed E-state index contributed by atoms with van der Waals surface area (Å²) in [6.07, 6.45) is 3.05. The minimum absolute atomic E-state index is 0.0285. The van der Waals surface area contributed by atoms with Crippen molar-refractivity contribution in [3.63, 3.8) is 0 Å². The van der Waals surface area contributed by atoms with Gasteiger partial charge < -0.3 is 9.47 Å². The molecule has 3 heterocycles. The van der Waals surface area contributed by atoms with Crippen molar-refractivity contribution in [3.05, 3.63) is 67.7 Å². The number of aromatic nitrogens is 2. The molecule has 9 nitrogen and oxygen atoms in total. The molecule has 1 fully saturated rings. The Balaban J connectivity index is 1.51. The van der Waals surface area contributed by atoms with Gasteiger partial charge in [0, 0.05) is 28.7 Å². The normalized spacial score (nSPS) is 19.2. The lowest BCUT2D eigenvalue weighted by Gasteiger charge is -2.21. The first-order chi connectivity index (χ1) is 16.0. The molecule has 1 aromatic heterocycles. The van der Waals surface area contributed by atoms with Gasteiger partial charge in [-0.3, -0.25) is 10.1 Å². The number of hydrazone groups is 1. The number of nitrogens with zero attached hydrogens (tertiary/aromatic N) is 5. The summed E-state index contributed by atoms with van der Waals surface area (Å²) in [5.74, 6) is 1.92. The van der Waals surface area contributed by atoms with Gasteiger partial charge in [0.15, 0.2) is 11.5 Å². The maximum absolute atomic E-state index is 11.4. The standard InChI is InChI=1S/C23H21N5O4S/c1-12-7-15(5-6-18(12)28(29)30)21-17-10-20-19(31-11-32-20)9-16(17)8-13(2)27(26-21)23-25-24-22(33-23)14-3-4-14/h5-7,9-10,13-14H,3-4,8,11H2,1-2H3. The fourth-order valence-corrected chi connectivity index (χ4v) is 5.37. The minimum Gasteiger partial charge on any atom is -0.454 e. The fourth-order valence-electron chi connectivity index (χ4n) is 4.30. The van der Waals surface area contributed by atoms with Gasteiger partial charge in [-0.25, -0.2) is 5.01 Å². The highest BCUT2D eigenvalue weighted by molar-refractivity contribution is 7.15. The largest absolute Gasteiger partial charge is 0.454 e. The Bertz CT molecular complexity index is 1320. The van der Waals surface area contributed by atoms with E-state index >= 15 is 0 Å². The molecule has 6 rings (SSSR count). The Morgan fingerprint density at radius 1 is 1.15 bits per heavy atom. The second-order valence-electron chi connectivity index (χ2n) is 8.66. The highest BCUT2D eigenvalue weighted by atomic mass is 32.1. The first kappa shape index (κ1) is 20.1. The summed E-state index contributed by atoms with van der Waals surface area (Å²) < 4.78 is 11.3. The number of hydrogen-bond acceptors (Lipinski definition) is 9. The van der Waals surface area contributed by atoms with E-state index in [0.29, 0.717) is 22.9 Å². The van der Waals surface area contributed by atoms with Gasteiger partial charge in [-0.05, 0) is 62.9 Å². The van der Waals surface area contributed by atoms with Gasteiger partial charge in [-0.1, -0.05) is 11.3 Å². The highest BCUT2D eigenvalue weighted by Gasteiger charge is 2.32. The van der Waals surface area contributed by atoms with Gasteiger partial charge in [-0.15, -0.1) is 10.2 Å². The fraction of sp³-hybridized carbons (Fsp3) is 0.348. The third kappa shape index (κ3) is 3.50. The molecule has 1 saturated carbocycles. The molecule has 0 N–H and O–H groups in total. The second-order valence-corrected chi connectivity index (χ2v) is 9.65. The van der Waals surface area contributed by atoms with Crippen molar-refractivity contribution in [2.75, 3.05) is 11.8 Å². The maximum Gasteiger partial charge on any atom is 0.272 e. The zero-order valence-corrected chi connectivity index (χ0v) is 19.0. The van der Waals surface area contributed by atoms with Crippen LogP contribution in [-0.4, -0.2) is 33.7 Å². The van der Waals surface area contributed by atoms with Crippen molar-refractivity contribution >= 4 is 27.9 Å². The summed E-state index contributed by atoms with van der Waals surface area (Å²) in [6.45, 7) is 4.05.